The van der Waals surface area contributed by atoms with Gasteiger partial charge in [0.05, 0.1) is 17.5 Å². The van der Waals surface area contributed by atoms with E-state index in [-0.39, 0.29) is 6.09 Å². The molecule has 4 rings (SSSR count). The Labute approximate surface area is 158 Å². The Morgan fingerprint density at radius 1 is 1.15 bits per heavy atom. The van der Waals surface area contributed by atoms with Crippen LogP contribution in [0, 0.1) is 5.92 Å². The van der Waals surface area contributed by atoms with E-state index in [1.807, 2.05) is 47.4 Å². The molecule has 6 heteroatoms. The molecule has 1 fully saturated rings. The van der Waals surface area contributed by atoms with Gasteiger partial charge >= 0.3 is 6.09 Å². The van der Waals surface area contributed by atoms with Crippen molar-refractivity contribution in [2.75, 3.05) is 25.0 Å². The Kier molecular flexibility index (Phi) is 5.23. The molecule has 1 aliphatic heterocycles. The summed E-state index contributed by atoms with van der Waals surface area (Å²) in [5.74, 6) is 0.539. The number of fused-ring (bicyclic) bond motifs is 1. The van der Waals surface area contributed by atoms with Crippen LogP contribution in [0.3, 0.4) is 0 Å². The molecule has 1 aliphatic rings. The van der Waals surface area contributed by atoms with E-state index in [1.54, 1.807) is 6.33 Å². The first kappa shape index (κ1) is 17.4. The lowest BCUT2D eigenvalue weighted by Gasteiger charge is -2.31. The van der Waals surface area contributed by atoms with Crippen LogP contribution in [0.1, 0.15) is 18.4 Å². The summed E-state index contributed by atoms with van der Waals surface area (Å²) in [6.45, 7) is 2.70. The van der Waals surface area contributed by atoms with E-state index in [2.05, 4.69) is 21.4 Å². The minimum atomic E-state index is -0.216. The number of nitrogens with one attached hydrogen (secondary N) is 2. The highest BCUT2D eigenvalue weighted by molar-refractivity contribution is 5.87. The summed E-state index contributed by atoms with van der Waals surface area (Å²) in [4.78, 5) is 21.6. The molecule has 2 heterocycles. The van der Waals surface area contributed by atoms with Gasteiger partial charge in [-0.25, -0.2) is 9.78 Å². The van der Waals surface area contributed by atoms with Crippen molar-refractivity contribution in [3.05, 3.63) is 60.4 Å². The Hall–Kier alpha value is -3.02. The summed E-state index contributed by atoms with van der Waals surface area (Å²) in [7, 11) is 0. The molecule has 1 saturated heterocycles. The van der Waals surface area contributed by atoms with E-state index in [1.165, 1.54) is 0 Å². The van der Waals surface area contributed by atoms with Crippen LogP contribution in [0.5, 0.6) is 0 Å². The van der Waals surface area contributed by atoms with Crippen molar-refractivity contribution in [3.8, 4) is 0 Å². The monoisotopic (exact) mass is 364 g/mol. The smallest absolute Gasteiger partial charge is 0.410 e. The van der Waals surface area contributed by atoms with Crippen LogP contribution in [0.15, 0.2) is 54.9 Å². The number of para-hydroxylation sites is 1. The van der Waals surface area contributed by atoms with Crippen LogP contribution >= 0.6 is 0 Å². The number of carbonyl (C=O) groups excluding carboxylic acids is 1. The first-order valence-electron chi connectivity index (χ1n) is 9.41. The number of amides is 1. The first-order chi connectivity index (χ1) is 13.3. The average molecular weight is 364 g/mol. The molecule has 0 spiro atoms. The third-order valence-corrected chi connectivity index (χ3v) is 5.11. The molecule has 0 bridgehead atoms. The standard InChI is InChI=1S/C21H24N4O2/c26-21(27-14-17-5-2-1-3-6-17)25-11-9-16(10-12-25)13-22-18-7-4-8-19-20(18)24-15-23-19/h1-8,15-16,22H,9-14H2,(H,23,24). The van der Waals surface area contributed by atoms with Crippen molar-refractivity contribution in [2.24, 2.45) is 5.92 Å². The van der Waals surface area contributed by atoms with Crippen molar-refractivity contribution < 1.29 is 9.53 Å². The van der Waals surface area contributed by atoms with Crippen molar-refractivity contribution >= 4 is 22.8 Å². The number of carbonyl (C=O) groups is 1. The minimum absolute atomic E-state index is 0.216. The van der Waals surface area contributed by atoms with Gasteiger partial charge in [0, 0.05) is 19.6 Å². The predicted octanol–water partition coefficient (Wildman–Crippen LogP) is 4.02. The highest BCUT2D eigenvalue weighted by Crippen LogP contribution is 2.23. The molecule has 0 atom stereocenters. The van der Waals surface area contributed by atoms with Gasteiger partial charge in [0.25, 0.3) is 0 Å². The Bertz CT molecular complexity index is 885. The zero-order valence-electron chi connectivity index (χ0n) is 15.2. The van der Waals surface area contributed by atoms with Crippen molar-refractivity contribution in [3.63, 3.8) is 0 Å². The minimum Gasteiger partial charge on any atom is -0.445 e. The highest BCUT2D eigenvalue weighted by Gasteiger charge is 2.23. The van der Waals surface area contributed by atoms with Crippen molar-refractivity contribution in [2.45, 2.75) is 19.4 Å². The van der Waals surface area contributed by atoms with E-state index >= 15 is 0 Å². The molecular weight excluding hydrogens is 340 g/mol. The maximum absolute atomic E-state index is 12.3. The van der Waals surface area contributed by atoms with Crippen LogP contribution in [0.4, 0.5) is 10.5 Å². The molecule has 6 nitrogen and oxygen atoms in total. The third-order valence-electron chi connectivity index (χ3n) is 5.11. The fourth-order valence-electron chi connectivity index (χ4n) is 3.49. The topological polar surface area (TPSA) is 70.2 Å². The molecule has 0 saturated carbocycles. The van der Waals surface area contributed by atoms with Crippen LogP contribution in [-0.4, -0.2) is 40.6 Å². The molecule has 140 valence electrons. The number of rotatable bonds is 5. The van der Waals surface area contributed by atoms with Gasteiger partial charge in [-0.05, 0) is 36.5 Å². The molecule has 0 aliphatic carbocycles. The van der Waals surface area contributed by atoms with E-state index in [0.717, 1.165) is 54.8 Å². The summed E-state index contributed by atoms with van der Waals surface area (Å²) in [6, 6.07) is 15.9. The number of anilines is 1. The van der Waals surface area contributed by atoms with Crippen molar-refractivity contribution in [1.82, 2.24) is 14.9 Å². The quantitative estimate of drug-likeness (QED) is 0.717. The summed E-state index contributed by atoms with van der Waals surface area (Å²) >= 11 is 0. The summed E-state index contributed by atoms with van der Waals surface area (Å²) in [5.41, 5.74) is 4.08. The summed E-state index contributed by atoms with van der Waals surface area (Å²) in [6.07, 6.45) is 3.45. The fraction of sp³-hybridized carbons (Fsp3) is 0.333. The van der Waals surface area contributed by atoms with Gasteiger partial charge in [-0.2, -0.15) is 0 Å². The second-order valence-electron chi connectivity index (χ2n) is 6.96. The predicted molar refractivity (Wildman–Crippen MR) is 106 cm³/mol. The van der Waals surface area contributed by atoms with Crippen LogP contribution in [-0.2, 0) is 11.3 Å². The second kappa shape index (κ2) is 8.12. The number of nitrogens with zero attached hydrogens (tertiary/aromatic N) is 2. The van der Waals surface area contributed by atoms with E-state index in [0.29, 0.717) is 12.5 Å². The lowest BCUT2D eigenvalue weighted by Crippen LogP contribution is -2.40. The first-order valence-corrected chi connectivity index (χ1v) is 9.41. The highest BCUT2D eigenvalue weighted by atomic mass is 16.6. The molecule has 0 unspecified atom stereocenters. The molecule has 27 heavy (non-hydrogen) atoms. The number of benzene rings is 2. The maximum Gasteiger partial charge on any atom is 0.410 e. The SMILES string of the molecule is O=C(OCc1ccccc1)N1CCC(CNc2cccc3[nH]cnc23)CC1. The fourth-order valence-corrected chi connectivity index (χ4v) is 3.49. The number of hydrogen-bond donors (Lipinski definition) is 2. The van der Waals surface area contributed by atoms with Gasteiger partial charge < -0.3 is 19.9 Å². The molecule has 2 N–H and O–H groups in total. The zero-order chi connectivity index (χ0) is 18.5. The van der Waals surface area contributed by atoms with Gasteiger partial charge in [-0.3, -0.25) is 0 Å². The number of hydrogen-bond acceptors (Lipinski definition) is 4. The lowest BCUT2D eigenvalue weighted by molar-refractivity contribution is 0.0832. The summed E-state index contributed by atoms with van der Waals surface area (Å²) in [5, 5.41) is 3.52. The second-order valence-corrected chi connectivity index (χ2v) is 6.96. The van der Waals surface area contributed by atoms with Crippen LogP contribution < -0.4 is 5.32 Å². The number of likely N-dealkylation sites (tertiary alicyclic amines) is 1. The number of aromatic amines is 1. The van der Waals surface area contributed by atoms with Crippen molar-refractivity contribution in [1.29, 1.82) is 0 Å². The molecule has 1 amide bonds. The number of imidazole rings is 1. The zero-order valence-corrected chi connectivity index (χ0v) is 15.2. The number of ether oxygens (including phenoxy) is 1. The van der Waals surface area contributed by atoms with E-state index in [9.17, 15) is 4.79 Å². The van der Waals surface area contributed by atoms with Gasteiger partial charge in [0.15, 0.2) is 0 Å². The van der Waals surface area contributed by atoms with Gasteiger partial charge in [-0.1, -0.05) is 36.4 Å². The molecule has 3 aromatic rings. The van der Waals surface area contributed by atoms with E-state index in [4.69, 9.17) is 4.74 Å². The third kappa shape index (κ3) is 4.22. The summed E-state index contributed by atoms with van der Waals surface area (Å²) < 4.78 is 5.43. The van der Waals surface area contributed by atoms with Gasteiger partial charge in [0.1, 0.15) is 12.1 Å². The Morgan fingerprint density at radius 3 is 2.78 bits per heavy atom. The molecular formula is C21H24N4O2. The molecule has 2 aromatic carbocycles. The average Bonchev–Trinajstić information content (AvgIpc) is 3.21. The van der Waals surface area contributed by atoms with Crippen LogP contribution in [0.25, 0.3) is 11.0 Å². The van der Waals surface area contributed by atoms with Gasteiger partial charge in [0.2, 0.25) is 0 Å². The lowest BCUT2D eigenvalue weighted by atomic mass is 9.97. The Balaban J connectivity index is 1.23. The Morgan fingerprint density at radius 2 is 1.96 bits per heavy atom. The van der Waals surface area contributed by atoms with Gasteiger partial charge in [-0.15, -0.1) is 0 Å². The number of H-pyrrole nitrogens is 1. The van der Waals surface area contributed by atoms with E-state index < -0.39 is 0 Å². The maximum atomic E-state index is 12.3. The number of aromatic nitrogens is 2. The normalized spacial score (nSPS) is 15.0. The van der Waals surface area contributed by atoms with Crippen LogP contribution in [0.2, 0.25) is 0 Å². The largest absolute Gasteiger partial charge is 0.445 e. The molecule has 1 aromatic heterocycles. The number of piperidine rings is 1. The molecule has 0 radical (unpaired) electrons.